The molecule has 0 aromatic heterocycles. The van der Waals surface area contributed by atoms with Gasteiger partial charge >= 0.3 is 0 Å². The molecule has 1 heterocycles. The van der Waals surface area contributed by atoms with Crippen LogP contribution in [0.4, 0.5) is 0 Å². The van der Waals surface area contributed by atoms with Crippen molar-refractivity contribution in [1.82, 2.24) is 5.32 Å². The lowest BCUT2D eigenvalue weighted by molar-refractivity contribution is 0.413. The molecule has 2 aliphatic rings. The molecule has 0 radical (unpaired) electrons. The van der Waals surface area contributed by atoms with Crippen LogP contribution in [-0.4, -0.2) is 19.2 Å². The van der Waals surface area contributed by atoms with E-state index >= 15 is 0 Å². The first-order chi connectivity index (χ1) is 10.7. The van der Waals surface area contributed by atoms with E-state index in [-0.39, 0.29) is 0 Å². The third-order valence-electron chi connectivity index (χ3n) is 5.01. The van der Waals surface area contributed by atoms with Crippen molar-refractivity contribution in [3.05, 3.63) is 63.7 Å². The van der Waals surface area contributed by atoms with Crippen LogP contribution >= 0.6 is 11.6 Å². The molecule has 2 nitrogen and oxygen atoms in total. The number of hydrogen-bond acceptors (Lipinski definition) is 2. The molecule has 0 bridgehead atoms. The van der Waals surface area contributed by atoms with Crippen LogP contribution in [0, 0.1) is 0 Å². The van der Waals surface area contributed by atoms with Crippen molar-refractivity contribution >= 4 is 11.6 Å². The van der Waals surface area contributed by atoms with E-state index in [0.717, 1.165) is 18.6 Å². The van der Waals surface area contributed by atoms with Gasteiger partial charge in [-0.15, -0.1) is 0 Å². The second-order valence-electron chi connectivity index (χ2n) is 6.44. The van der Waals surface area contributed by atoms with E-state index in [9.17, 15) is 0 Å². The minimum Gasteiger partial charge on any atom is -0.495 e. The highest BCUT2D eigenvalue weighted by atomic mass is 35.5. The lowest BCUT2D eigenvalue weighted by atomic mass is 9.87. The molecule has 0 amide bonds. The van der Waals surface area contributed by atoms with Gasteiger partial charge in [0, 0.05) is 18.0 Å². The van der Waals surface area contributed by atoms with E-state index in [1.807, 2.05) is 0 Å². The van der Waals surface area contributed by atoms with Crippen molar-refractivity contribution in [2.45, 2.75) is 37.8 Å². The van der Waals surface area contributed by atoms with Crippen molar-refractivity contribution in [3.8, 4) is 5.75 Å². The van der Waals surface area contributed by atoms with E-state index in [2.05, 4.69) is 48.6 Å². The molecule has 1 aliphatic carbocycles. The highest BCUT2D eigenvalue weighted by Gasteiger charge is 2.37. The SMILES string of the molecule is COc1cc2c(cc1Cl)CC(C)N[C@@H]1Cc3ccccc3[C@@H]21. The molecule has 3 atom stereocenters. The second-order valence-corrected chi connectivity index (χ2v) is 6.85. The number of nitrogens with one attached hydrogen (secondary N) is 1. The molecule has 0 saturated heterocycles. The predicted molar refractivity (Wildman–Crippen MR) is 90.1 cm³/mol. The van der Waals surface area contributed by atoms with E-state index in [4.69, 9.17) is 16.3 Å². The van der Waals surface area contributed by atoms with Gasteiger partial charge in [-0.3, -0.25) is 0 Å². The summed E-state index contributed by atoms with van der Waals surface area (Å²) in [5, 5.41) is 4.51. The van der Waals surface area contributed by atoms with Crippen LogP contribution in [-0.2, 0) is 12.8 Å². The molecule has 3 heteroatoms. The molecule has 2 aromatic carbocycles. The van der Waals surface area contributed by atoms with Crippen LogP contribution in [0.3, 0.4) is 0 Å². The zero-order chi connectivity index (χ0) is 15.3. The summed E-state index contributed by atoms with van der Waals surface area (Å²) in [6, 6.07) is 14.0. The quantitative estimate of drug-likeness (QED) is 0.861. The summed E-state index contributed by atoms with van der Waals surface area (Å²) in [6.45, 7) is 2.26. The van der Waals surface area contributed by atoms with Crippen molar-refractivity contribution in [2.75, 3.05) is 7.11 Å². The van der Waals surface area contributed by atoms with Gasteiger partial charge in [0.15, 0.2) is 0 Å². The van der Waals surface area contributed by atoms with E-state index in [1.165, 1.54) is 22.3 Å². The maximum Gasteiger partial charge on any atom is 0.137 e. The van der Waals surface area contributed by atoms with Crippen LogP contribution in [0.2, 0.25) is 5.02 Å². The Morgan fingerprint density at radius 2 is 1.91 bits per heavy atom. The fourth-order valence-corrected chi connectivity index (χ4v) is 4.39. The van der Waals surface area contributed by atoms with Crippen molar-refractivity contribution in [2.24, 2.45) is 0 Å². The average molecular weight is 314 g/mol. The molecule has 0 spiro atoms. The molecule has 4 rings (SSSR count). The Morgan fingerprint density at radius 3 is 2.73 bits per heavy atom. The predicted octanol–water partition coefficient (Wildman–Crippen LogP) is 3.94. The summed E-state index contributed by atoms with van der Waals surface area (Å²) >= 11 is 6.36. The number of halogens is 1. The summed E-state index contributed by atoms with van der Waals surface area (Å²) < 4.78 is 5.46. The van der Waals surface area contributed by atoms with Crippen LogP contribution in [0.25, 0.3) is 0 Å². The van der Waals surface area contributed by atoms with Crippen molar-refractivity contribution < 1.29 is 4.74 Å². The molecule has 1 aliphatic heterocycles. The minimum atomic E-state index is 0.391. The Hall–Kier alpha value is -1.51. The lowest BCUT2D eigenvalue weighted by Crippen LogP contribution is -2.38. The Balaban J connectivity index is 1.92. The van der Waals surface area contributed by atoms with Gasteiger partial charge in [-0.05, 0) is 54.2 Å². The van der Waals surface area contributed by atoms with Gasteiger partial charge in [-0.2, -0.15) is 0 Å². The number of hydrogen-bond donors (Lipinski definition) is 1. The Kier molecular flexibility index (Phi) is 3.39. The van der Waals surface area contributed by atoms with Crippen LogP contribution < -0.4 is 10.1 Å². The first-order valence-electron chi connectivity index (χ1n) is 7.87. The van der Waals surface area contributed by atoms with Gasteiger partial charge in [0.2, 0.25) is 0 Å². The van der Waals surface area contributed by atoms with Gasteiger partial charge in [0.1, 0.15) is 5.75 Å². The smallest absolute Gasteiger partial charge is 0.137 e. The number of benzene rings is 2. The van der Waals surface area contributed by atoms with Crippen LogP contribution in [0.15, 0.2) is 36.4 Å². The first-order valence-corrected chi connectivity index (χ1v) is 8.25. The molecule has 2 aromatic rings. The van der Waals surface area contributed by atoms with E-state index in [0.29, 0.717) is 23.0 Å². The lowest BCUT2D eigenvalue weighted by Gasteiger charge is -2.22. The monoisotopic (exact) mass is 313 g/mol. The zero-order valence-corrected chi connectivity index (χ0v) is 13.7. The summed E-state index contributed by atoms with van der Waals surface area (Å²) in [5.74, 6) is 1.17. The van der Waals surface area contributed by atoms with Gasteiger partial charge < -0.3 is 10.1 Å². The second kappa shape index (κ2) is 5.29. The van der Waals surface area contributed by atoms with Crippen molar-refractivity contribution in [1.29, 1.82) is 0 Å². The molecule has 114 valence electrons. The third kappa shape index (κ3) is 2.13. The topological polar surface area (TPSA) is 21.3 Å². The molecule has 0 fully saturated rings. The summed E-state index contributed by atoms with van der Waals surface area (Å²) in [4.78, 5) is 0. The van der Waals surface area contributed by atoms with Gasteiger partial charge in [0.05, 0.1) is 12.1 Å². The standard InChI is InChI=1S/C19H20ClNO/c1-11-7-13-8-16(20)18(22-2)10-15(13)19-14-6-4-3-5-12(14)9-17(19)21-11/h3-6,8,10-11,17,19,21H,7,9H2,1-2H3/t11?,17-,19+/m1/s1. The molecule has 1 N–H and O–H groups in total. The Labute approximate surface area is 136 Å². The third-order valence-corrected chi connectivity index (χ3v) is 5.30. The number of methoxy groups -OCH3 is 1. The molecule has 1 unspecified atom stereocenters. The molecule has 0 saturated carbocycles. The number of rotatable bonds is 1. The highest BCUT2D eigenvalue weighted by Crippen LogP contribution is 2.44. The maximum atomic E-state index is 6.36. The molecular weight excluding hydrogens is 294 g/mol. The van der Waals surface area contributed by atoms with E-state index in [1.54, 1.807) is 7.11 Å². The van der Waals surface area contributed by atoms with Gasteiger partial charge in [0.25, 0.3) is 0 Å². The Bertz CT molecular complexity index is 727. The summed E-state index contributed by atoms with van der Waals surface area (Å²) in [6.07, 6.45) is 2.10. The fourth-order valence-electron chi connectivity index (χ4n) is 4.12. The zero-order valence-electron chi connectivity index (χ0n) is 12.9. The molecular formula is C19H20ClNO. The normalized spacial score (nSPS) is 25.9. The van der Waals surface area contributed by atoms with Crippen LogP contribution in [0.1, 0.15) is 35.1 Å². The largest absolute Gasteiger partial charge is 0.495 e. The molecule has 22 heavy (non-hydrogen) atoms. The van der Waals surface area contributed by atoms with Gasteiger partial charge in [-0.25, -0.2) is 0 Å². The van der Waals surface area contributed by atoms with Gasteiger partial charge in [-0.1, -0.05) is 35.9 Å². The average Bonchev–Trinajstić information content (AvgIpc) is 2.79. The summed E-state index contributed by atoms with van der Waals surface area (Å²) in [5.41, 5.74) is 5.61. The van der Waals surface area contributed by atoms with Crippen molar-refractivity contribution in [3.63, 3.8) is 0 Å². The maximum absolute atomic E-state index is 6.36. The first kappa shape index (κ1) is 14.1. The number of fused-ring (bicyclic) bond motifs is 5. The summed E-state index contributed by atoms with van der Waals surface area (Å²) in [7, 11) is 1.69. The van der Waals surface area contributed by atoms with E-state index < -0.39 is 0 Å². The van der Waals surface area contributed by atoms with Crippen LogP contribution in [0.5, 0.6) is 5.75 Å². The fraction of sp³-hybridized carbons (Fsp3) is 0.368. The minimum absolute atomic E-state index is 0.391. The highest BCUT2D eigenvalue weighted by molar-refractivity contribution is 6.32. The Morgan fingerprint density at radius 1 is 1.09 bits per heavy atom. The number of ether oxygens (including phenoxy) is 1.